The van der Waals surface area contributed by atoms with Gasteiger partial charge in [0.1, 0.15) is 0 Å². The molecule has 0 spiro atoms. The molecule has 0 radical (unpaired) electrons. The third-order valence-corrected chi connectivity index (χ3v) is 4.35. The van der Waals surface area contributed by atoms with Gasteiger partial charge in [0.15, 0.2) is 0 Å². The summed E-state index contributed by atoms with van der Waals surface area (Å²) >= 11 is 0. The summed E-state index contributed by atoms with van der Waals surface area (Å²) in [7, 11) is 4.26. The normalized spacial score (nSPS) is 24.1. The lowest BCUT2D eigenvalue weighted by molar-refractivity contribution is -0.130. The number of nitrogens with zero attached hydrogens (tertiary/aromatic N) is 3. The van der Waals surface area contributed by atoms with E-state index < -0.39 is 0 Å². The first-order chi connectivity index (χ1) is 9.08. The quantitative estimate of drug-likeness (QED) is 0.698. The molecule has 1 aliphatic heterocycles. The van der Waals surface area contributed by atoms with E-state index in [1.54, 1.807) is 6.92 Å². The summed E-state index contributed by atoms with van der Waals surface area (Å²) in [5.74, 6) is 0.266. The topological polar surface area (TPSA) is 26.8 Å². The maximum atomic E-state index is 11.7. The maximum Gasteiger partial charge on any atom is 0.219 e. The second-order valence-electron chi connectivity index (χ2n) is 6.39. The first kappa shape index (κ1) is 14.8. The van der Waals surface area contributed by atoms with Crippen LogP contribution in [0, 0.1) is 0 Å². The van der Waals surface area contributed by atoms with Crippen LogP contribution in [0.3, 0.4) is 0 Å². The van der Waals surface area contributed by atoms with Crippen molar-refractivity contribution in [1.82, 2.24) is 14.7 Å². The van der Waals surface area contributed by atoms with E-state index in [2.05, 4.69) is 28.8 Å². The molecule has 2 fully saturated rings. The highest BCUT2D eigenvalue weighted by Gasteiger charge is 2.34. The van der Waals surface area contributed by atoms with Crippen LogP contribution in [-0.2, 0) is 4.79 Å². The van der Waals surface area contributed by atoms with Crippen LogP contribution >= 0.6 is 0 Å². The summed E-state index contributed by atoms with van der Waals surface area (Å²) in [6.45, 7) is 6.24. The molecule has 1 amide bonds. The first-order valence-corrected chi connectivity index (χ1v) is 7.74. The second-order valence-corrected chi connectivity index (χ2v) is 6.39. The predicted octanol–water partition coefficient (Wildman–Crippen LogP) is 1.41. The van der Waals surface area contributed by atoms with Crippen LogP contribution in [0.4, 0.5) is 0 Å². The number of likely N-dealkylation sites (tertiary alicyclic amines) is 1. The fourth-order valence-corrected chi connectivity index (χ4v) is 3.13. The number of hydrogen-bond acceptors (Lipinski definition) is 3. The van der Waals surface area contributed by atoms with Crippen molar-refractivity contribution >= 4 is 5.91 Å². The summed E-state index contributed by atoms with van der Waals surface area (Å²) in [6.07, 6.45) is 6.22. The lowest BCUT2D eigenvalue weighted by Crippen LogP contribution is -2.43. The zero-order valence-electron chi connectivity index (χ0n) is 12.8. The Balaban J connectivity index is 1.78. The minimum absolute atomic E-state index is 0.266. The molecule has 0 N–H and O–H groups in total. The molecule has 0 bridgehead atoms. The van der Waals surface area contributed by atoms with E-state index in [4.69, 9.17) is 0 Å². The molecular weight excluding hydrogens is 238 g/mol. The fourth-order valence-electron chi connectivity index (χ4n) is 3.13. The van der Waals surface area contributed by atoms with Gasteiger partial charge in [-0.05, 0) is 65.8 Å². The van der Waals surface area contributed by atoms with Gasteiger partial charge in [0.2, 0.25) is 5.91 Å². The monoisotopic (exact) mass is 267 g/mol. The van der Waals surface area contributed by atoms with Crippen molar-refractivity contribution in [3.05, 3.63) is 0 Å². The van der Waals surface area contributed by atoms with Gasteiger partial charge in [-0.25, -0.2) is 0 Å². The van der Waals surface area contributed by atoms with Crippen LogP contribution in [-0.4, -0.2) is 73.0 Å². The molecule has 19 heavy (non-hydrogen) atoms. The van der Waals surface area contributed by atoms with Gasteiger partial charge in [0.05, 0.1) is 0 Å². The molecule has 1 aliphatic carbocycles. The van der Waals surface area contributed by atoms with E-state index >= 15 is 0 Å². The maximum absolute atomic E-state index is 11.7. The van der Waals surface area contributed by atoms with Gasteiger partial charge >= 0.3 is 0 Å². The highest BCUT2D eigenvalue weighted by Crippen LogP contribution is 2.29. The van der Waals surface area contributed by atoms with Gasteiger partial charge in [-0.3, -0.25) is 9.69 Å². The summed E-state index contributed by atoms with van der Waals surface area (Å²) in [6, 6.07) is 1.16. The van der Waals surface area contributed by atoms with E-state index in [0.717, 1.165) is 13.1 Å². The van der Waals surface area contributed by atoms with Crippen molar-refractivity contribution in [2.45, 2.75) is 51.1 Å². The third kappa shape index (κ3) is 4.46. The van der Waals surface area contributed by atoms with Gasteiger partial charge in [0, 0.05) is 25.6 Å². The summed E-state index contributed by atoms with van der Waals surface area (Å²) in [4.78, 5) is 18.7. The zero-order valence-corrected chi connectivity index (χ0v) is 12.8. The predicted molar refractivity (Wildman–Crippen MR) is 78.2 cm³/mol. The van der Waals surface area contributed by atoms with Crippen LogP contribution in [0.25, 0.3) is 0 Å². The Labute approximate surface area is 117 Å². The van der Waals surface area contributed by atoms with Gasteiger partial charge in [-0.1, -0.05) is 0 Å². The SMILES string of the molecule is CC(=O)N(CC1CCCN1CCCN(C)C)C1CC1. The average molecular weight is 267 g/mol. The fraction of sp³-hybridized carbons (Fsp3) is 0.933. The summed E-state index contributed by atoms with van der Waals surface area (Å²) < 4.78 is 0. The Bertz CT molecular complexity index is 302. The number of rotatable bonds is 7. The van der Waals surface area contributed by atoms with Gasteiger partial charge in [-0.2, -0.15) is 0 Å². The van der Waals surface area contributed by atoms with E-state index in [-0.39, 0.29) is 5.91 Å². The molecule has 4 nitrogen and oxygen atoms in total. The molecule has 1 heterocycles. The molecule has 1 saturated heterocycles. The minimum Gasteiger partial charge on any atom is -0.338 e. The average Bonchev–Trinajstić information content (AvgIpc) is 3.07. The third-order valence-electron chi connectivity index (χ3n) is 4.35. The summed E-state index contributed by atoms with van der Waals surface area (Å²) in [5.41, 5.74) is 0. The minimum atomic E-state index is 0.266. The van der Waals surface area contributed by atoms with Gasteiger partial charge < -0.3 is 9.80 Å². The molecule has 0 aromatic carbocycles. The molecular formula is C15H29N3O. The van der Waals surface area contributed by atoms with E-state index in [0.29, 0.717) is 12.1 Å². The van der Waals surface area contributed by atoms with Crippen molar-refractivity contribution in [2.75, 3.05) is 40.3 Å². The van der Waals surface area contributed by atoms with E-state index in [1.807, 2.05) is 0 Å². The smallest absolute Gasteiger partial charge is 0.219 e. The van der Waals surface area contributed by atoms with Crippen LogP contribution in [0.1, 0.15) is 39.0 Å². The van der Waals surface area contributed by atoms with E-state index in [9.17, 15) is 4.79 Å². The number of carbonyl (C=O) groups is 1. The molecule has 2 rings (SSSR count). The van der Waals surface area contributed by atoms with E-state index in [1.165, 1.54) is 45.2 Å². The Morgan fingerprint density at radius 3 is 2.58 bits per heavy atom. The zero-order chi connectivity index (χ0) is 13.8. The Hall–Kier alpha value is -0.610. The van der Waals surface area contributed by atoms with Crippen molar-refractivity contribution in [3.8, 4) is 0 Å². The van der Waals surface area contributed by atoms with Crippen molar-refractivity contribution in [2.24, 2.45) is 0 Å². The largest absolute Gasteiger partial charge is 0.338 e. The number of amides is 1. The molecule has 2 aliphatic rings. The molecule has 0 aromatic rings. The molecule has 110 valence electrons. The molecule has 1 unspecified atom stereocenters. The standard InChI is InChI=1S/C15H29N3O/c1-13(19)18(14-7-8-14)12-15-6-4-10-17(15)11-5-9-16(2)3/h14-15H,4-12H2,1-3H3. The lowest BCUT2D eigenvalue weighted by Gasteiger charge is -2.30. The highest BCUT2D eigenvalue weighted by atomic mass is 16.2. The Kier molecular flexibility index (Phi) is 5.22. The molecule has 1 saturated carbocycles. The second kappa shape index (κ2) is 6.71. The number of hydrogen-bond donors (Lipinski definition) is 0. The molecule has 4 heteroatoms. The van der Waals surface area contributed by atoms with Crippen molar-refractivity contribution in [1.29, 1.82) is 0 Å². The lowest BCUT2D eigenvalue weighted by atomic mass is 10.2. The molecule has 1 atom stereocenters. The first-order valence-electron chi connectivity index (χ1n) is 7.74. The van der Waals surface area contributed by atoms with Crippen LogP contribution in [0.15, 0.2) is 0 Å². The Morgan fingerprint density at radius 1 is 1.26 bits per heavy atom. The van der Waals surface area contributed by atoms with Crippen LogP contribution in [0.2, 0.25) is 0 Å². The van der Waals surface area contributed by atoms with Crippen molar-refractivity contribution in [3.63, 3.8) is 0 Å². The van der Waals surface area contributed by atoms with Gasteiger partial charge in [-0.15, -0.1) is 0 Å². The highest BCUT2D eigenvalue weighted by molar-refractivity contribution is 5.74. The summed E-state index contributed by atoms with van der Waals surface area (Å²) in [5, 5.41) is 0. The molecule has 0 aromatic heterocycles. The number of carbonyl (C=O) groups excluding carboxylic acids is 1. The van der Waals surface area contributed by atoms with Gasteiger partial charge in [0.25, 0.3) is 0 Å². The van der Waals surface area contributed by atoms with Crippen LogP contribution in [0.5, 0.6) is 0 Å². The van der Waals surface area contributed by atoms with Crippen LogP contribution < -0.4 is 0 Å². The Morgan fingerprint density at radius 2 is 2.00 bits per heavy atom. The van der Waals surface area contributed by atoms with Crippen molar-refractivity contribution < 1.29 is 4.79 Å².